The van der Waals surface area contributed by atoms with Gasteiger partial charge in [-0.25, -0.2) is 4.98 Å². The summed E-state index contributed by atoms with van der Waals surface area (Å²) < 4.78 is 0. The highest BCUT2D eigenvalue weighted by molar-refractivity contribution is 7.13. The van der Waals surface area contributed by atoms with E-state index in [0.29, 0.717) is 5.92 Å². The molecule has 1 saturated carbocycles. The van der Waals surface area contributed by atoms with Crippen LogP contribution in [0.25, 0.3) is 0 Å². The summed E-state index contributed by atoms with van der Waals surface area (Å²) in [7, 11) is 0. The van der Waals surface area contributed by atoms with Gasteiger partial charge in [0.15, 0.2) is 0 Å². The van der Waals surface area contributed by atoms with E-state index in [2.05, 4.69) is 4.98 Å². The summed E-state index contributed by atoms with van der Waals surface area (Å²) in [6, 6.07) is 0. The van der Waals surface area contributed by atoms with E-state index in [9.17, 15) is 0 Å². The summed E-state index contributed by atoms with van der Waals surface area (Å²) in [5.41, 5.74) is 8.69. The summed E-state index contributed by atoms with van der Waals surface area (Å²) in [4.78, 5) is 4.23. The van der Waals surface area contributed by atoms with Crippen molar-refractivity contribution in [2.24, 2.45) is 0 Å². The lowest BCUT2D eigenvalue weighted by atomic mass is 9.83. The minimum atomic E-state index is 0.686. The standard InChI is InChI=1S/C7H10N2S/c8-7-6(9-4-10-7)5-2-1-3-5/h4-5H,1-3,8H2. The second-order valence-electron chi connectivity index (χ2n) is 2.73. The highest BCUT2D eigenvalue weighted by Gasteiger charge is 2.23. The monoisotopic (exact) mass is 154 g/mol. The van der Waals surface area contributed by atoms with Crippen LogP contribution >= 0.6 is 11.3 Å². The molecule has 1 aromatic heterocycles. The molecule has 1 aliphatic rings. The van der Waals surface area contributed by atoms with Gasteiger partial charge in [0.1, 0.15) is 5.00 Å². The Kier molecular flexibility index (Phi) is 1.38. The molecule has 2 nitrogen and oxygen atoms in total. The molecule has 1 heterocycles. The molecule has 1 aliphatic carbocycles. The first-order valence-corrected chi connectivity index (χ1v) is 4.45. The molecule has 54 valence electrons. The minimum absolute atomic E-state index is 0.686. The second kappa shape index (κ2) is 2.23. The smallest absolute Gasteiger partial charge is 0.109 e. The van der Waals surface area contributed by atoms with E-state index in [1.165, 1.54) is 19.3 Å². The molecular formula is C7H10N2S. The van der Waals surface area contributed by atoms with E-state index in [1.807, 2.05) is 5.51 Å². The maximum Gasteiger partial charge on any atom is 0.109 e. The Balaban J connectivity index is 2.23. The highest BCUT2D eigenvalue weighted by Crippen LogP contribution is 2.39. The molecule has 0 saturated heterocycles. The quantitative estimate of drug-likeness (QED) is 0.672. The van der Waals surface area contributed by atoms with E-state index in [4.69, 9.17) is 5.73 Å². The van der Waals surface area contributed by atoms with Gasteiger partial charge in [0.25, 0.3) is 0 Å². The molecule has 0 bridgehead atoms. The van der Waals surface area contributed by atoms with Crippen LogP contribution < -0.4 is 5.73 Å². The van der Waals surface area contributed by atoms with Crippen LogP contribution in [0.3, 0.4) is 0 Å². The Morgan fingerprint density at radius 2 is 2.40 bits per heavy atom. The van der Waals surface area contributed by atoms with Gasteiger partial charge in [0.2, 0.25) is 0 Å². The zero-order valence-corrected chi connectivity index (χ0v) is 6.53. The number of rotatable bonds is 1. The number of hydrogen-bond acceptors (Lipinski definition) is 3. The molecule has 10 heavy (non-hydrogen) atoms. The fraction of sp³-hybridized carbons (Fsp3) is 0.571. The van der Waals surface area contributed by atoms with Gasteiger partial charge in [-0.15, -0.1) is 11.3 Å². The molecule has 3 heteroatoms. The first kappa shape index (κ1) is 6.16. The Labute approximate surface area is 64.1 Å². The van der Waals surface area contributed by atoms with Crippen LogP contribution in [0, 0.1) is 0 Å². The topological polar surface area (TPSA) is 38.9 Å². The van der Waals surface area contributed by atoms with Crippen LogP contribution in [0.15, 0.2) is 5.51 Å². The molecule has 0 aliphatic heterocycles. The number of aromatic nitrogens is 1. The van der Waals surface area contributed by atoms with Crippen molar-refractivity contribution in [3.05, 3.63) is 11.2 Å². The molecule has 0 spiro atoms. The van der Waals surface area contributed by atoms with Crippen molar-refractivity contribution in [2.45, 2.75) is 25.2 Å². The summed E-state index contributed by atoms with van der Waals surface area (Å²) in [5.74, 6) is 0.686. The lowest BCUT2D eigenvalue weighted by Crippen LogP contribution is -2.10. The van der Waals surface area contributed by atoms with Crippen molar-refractivity contribution in [1.29, 1.82) is 0 Å². The first-order chi connectivity index (χ1) is 4.88. The highest BCUT2D eigenvalue weighted by atomic mass is 32.1. The maximum absolute atomic E-state index is 5.71. The molecule has 2 N–H and O–H groups in total. The van der Waals surface area contributed by atoms with Crippen LogP contribution in [-0.4, -0.2) is 4.98 Å². The molecule has 1 fully saturated rings. The molecule has 0 radical (unpaired) electrons. The lowest BCUT2D eigenvalue weighted by molar-refractivity contribution is 0.414. The Morgan fingerprint density at radius 3 is 2.80 bits per heavy atom. The van der Waals surface area contributed by atoms with Gasteiger partial charge in [-0.05, 0) is 12.8 Å². The van der Waals surface area contributed by atoms with E-state index in [1.54, 1.807) is 11.3 Å². The van der Waals surface area contributed by atoms with Gasteiger partial charge >= 0.3 is 0 Å². The summed E-state index contributed by atoms with van der Waals surface area (Å²) in [6.45, 7) is 0. The third-order valence-corrected chi connectivity index (χ3v) is 2.79. The van der Waals surface area contributed by atoms with Crippen molar-refractivity contribution in [3.8, 4) is 0 Å². The molecular weight excluding hydrogens is 144 g/mol. The first-order valence-electron chi connectivity index (χ1n) is 3.57. The SMILES string of the molecule is Nc1scnc1C1CCC1. The second-order valence-corrected chi connectivity index (χ2v) is 3.62. The van der Waals surface area contributed by atoms with E-state index >= 15 is 0 Å². The molecule has 0 aromatic carbocycles. The number of nitrogens with two attached hydrogens (primary N) is 1. The molecule has 2 rings (SSSR count). The zero-order chi connectivity index (χ0) is 6.97. The number of anilines is 1. The van der Waals surface area contributed by atoms with Crippen LogP contribution in [0.2, 0.25) is 0 Å². The number of nitrogens with zero attached hydrogens (tertiary/aromatic N) is 1. The molecule has 0 amide bonds. The third kappa shape index (κ3) is 0.814. The Hall–Kier alpha value is -0.570. The minimum Gasteiger partial charge on any atom is -0.389 e. The number of nitrogen functional groups attached to an aromatic ring is 1. The van der Waals surface area contributed by atoms with Gasteiger partial charge in [-0.2, -0.15) is 0 Å². The predicted octanol–water partition coefficient (Wildman–Crippen LogP) is 1.99. The lowest BCUT2D eigenvalue weighted by Gasteiger charge is -2.23. The van der Waals surface area contributed by atoms with Crippen molar-refractivity contribution >= 4 is 16.3 Å². The van der Waals surface area contributed by atoms with Crippen LogP contribution in [-0.2, 0) is 0 Å². The van der Waals surface area contributed by atoms with Gasteiger partial charge in [-0.1, -0.05) is 6.42 Å². The third-order valence-electron chi connectivity index (χ3n) is 2.12. The Bertz CT molecular complexity index is 227. The number of hydrogen-bond donors (Lipinski definition) is 1. The van der Waals surface area contributed by atoms with E-state index < -0.39 is 0 Å². The van der Waals surface area contributed by atoms with Crippen molar-refractivity contribution in [2.75, 3.05) is 5.73 Å². The zero-order valence-electron chi connectivity index (χ0n) is 5.71. The van der Waals surface area contributed by atoms with E-state index in [-0.39, 0.29) is 0 Å². The predicted molar refractivity (Wildman–Crippen MR) is 43.1 cm³/mol. The largest absolute Gasteiger partial charge is 0.389 e. The maximum atomic E-state index is 5.71. The average molecular weight is 154 g/mol. The van der Waals surface area contributed by atoms with Crippen molar-refractivity contribution < 1.29 is 0 Å². The van der Waals surface area contributed by atoms with Crippen LogP contribution in [0.1, 0.15) is 30.9 Å². The molecule has 0 atom stereocenters. The molecule has 1 aromatic rings. The summed E-state index contributed by atoms with van der Waals surface area (Å²) in [5, 5.41) is 0.921. The van der Waals surface area contributed by atoms with E-state index in [0.717, 1.165) is 10.7 Å². The summed E-state index contributed by atoms with van der Waals surface area (Å²) in [6.07, 6.45) is 3.92. The fourth-order valence-electron chi connectivity index (χ4n) is 1.25. The van der Waals surface area contributed by atoms with Gasteiger partial charge in [-0.3, -0.25) is 0 Å². The van der Waals surface area contributed by atoms with Gasteiger partial charge < -0.3 is 5.73 Å². The van der Waals surface area contributed by atoms with Crippen LogP contribution in [0.4, 0.5) is 5.00 Å². The number of thiazole rings is 1. The molecule has 0 unspecified atom stereocenters. The normalized spacial score (nSPS) is 18.8. The summed E-state index contributed by atoms with van der Waals surface area (Å²) >= 11 is 1.55. The van der Waals surface area contributed by atoms with Gasteiger partial charge in [0.05, 0.1) is 11.2 Å². The van der Waals surface area contributed by atoms with Crippen LogP contribution in [0.5, 0.6) is 0 Å². The average Bonchev–Trinajstić information content (AvgIpc) is 2.12. The Morgan fingerprint density at radius 1 is 1.60 bits per heavy atom. The van der Waals surface area contributed by atoms with Crippen molar-refractivity contribution in [3.63, 3.8) is 0 Å². The van der Waals surface area contributed by atoms with Gasteiger partial charge in [0, 0.05) is 5.92 Å². The van der Waals surface area contributed by atoms with Crippen molar-refractivity contribution in [1.82, 2.24) is 4.98 Å². The fourth-order valence-corrected chi connectivity index (χ4v) is 1.87.